The van der Waals surface area contributed by atoms with Gasteiger partial charge in [0.15, 0.2) is 0 Å². The second-order valence-corrected chi connectivity index (χ2v) is 4.33. The average Bonchev–Trinajstić information content (AvgIpc) is 2.86. The highest BCUT2D eigenvalue weighted by Crippen LogP contribution is 2.21. The number of hydrogen-bond acceptors (Lipinski definition) is 3. The zero-order valence-electron chi connectivity index (χ0n) is 9.87. The molecular formula is C13H15NO4. The second-order valence-electron chi connectivity index (χ2n) is 4.33. The second kappa shape index (κ2) is 5.18. The van der Waals surface area contributed by atoms with Crippen molar-refractivity contribution in [1.29, 1.82) is 0 Å². The van der Waals surface area contributed by atoms with Crippen molar-refractivity contribution in [3.63, 3.8) is 0 Å². The minimum atomic E-state index is -1.11. The van der Waals surface area contributed by atoms with Gasteiger partial charge < -0.3 is 15.1 Å². The van der Waals surface area contributed by atoms with Crippen molar-refractivity contribution in [3.8, 4) is 0 Å². The van der Waals surface area contributed by atoms with Crippen LogP contribution in [0.4, 0.5) is 0 Å². The topological polar surface area (TPSA) is 77.8 Å². The number of nitrogens with zero attached hydrogens (tertiary/aromatic N) is 1. The highest BCUT2D eigenvalue weighted by Gasteiger charge is 2.30. The number of carbonyl (C=O) groups excluding carboxylic acids is 1. The molecule has 96 valence electrons. The number of hydrogen-bond donors (Lipinski definition) is 2. The van der Waals surface area contributed by atoms with Gasteiger partial charge in [-0.05, 0) is 25.0 Å². The zero-order chi connectivity index (χ0) is 13.1. The van der Waals surface area contributed by atoms with Crippen LogP contribution >= 0.6 is 0 Å². The van der Waals surface area contributed by atoms with Crippen molar-refractivity contribution in [2.75, 3.05) is 13.2 Å². The number of aliphatic hydroxyl groups is 1. The molecule has 1 fully saturated rings. The minimum Gasteiger partial charge on any atom is -0.478 e. The van der Waals surface area contributed by atoms with Crippen LogP contribution in [0.2, 0.25) is 0 Å². The molecule has 0 aliphatic carbocycles. The van der Waals surface area contributed by atoms with Crippen LogP contribution in [0.5, 0.6) is 0 Å². The molecule has 0 saturated carbocycles. The molecule has 0 aromatic heterocycles. The monoisotopic (exact) mass is 249 g/mol. The predicted octanol–water partition coefficient (Wildman–Crippen LogP) is 0.982. The van der Waals surface area contributed by atoms with Gasteiger partial charge in [-0.2, -0.15) is 0 Å². The summed E-state index contributed by atoms with van der Waals surface area (Å²) in [4.78, 5) is 24.9. The number of aliphatic hydroxyl groups excluding tert-OH is 1. The highest BCUT2D eigenvalue weighted by molar-refractivity contribution is 6.04. The van der Waals surface area contributed by atoms with E-state index in [2.05, 4.69) is 0 Å². The number of rotatable bonds is 3. The summed E-state index contributed by atoms with van der Waals surface area (Å²) in [5.74, 6) is -1.43. The fraction of sp³-hybridized carbons (Fsp3) is 0.385. The van der Waals surface area contributed by atoms with E-state index in [0.717, 1.165) is 12.8 Å². The Bertz CT molecular complexity index is 472. The molecule has 0 spiro atoms. The molecule has 1 heterocycles. The van der Waals surface area contributed by atoms with E-state index in [1.165, 1.54) is 12.1 Å². The first kappa shape index (κ1) is 12.6. The minimum absolute atomic E-state index is 0.00564. The summed E-state index contributed by atoms with van der Waals surface area (Å²) in [5.41, 5.74) is 0.191. The van der Waals surface area contributed by atoms with Crippen molar-refractivity contribution in [2.24, 2.45) is 0 Å². The van der Waals surface area contributed by atoms with Crippen molar-refractivity contribution < 1.29 is 19.8 Å². The Labute approximate surface area is 105 Å². The summed E-state index contributed by atoms with van der Waals surface area (Å²) in [6, 6.07) is 5.97. The Balaban J connectivity index is 2.31. The third-order valence-corrected chi connectivity index (χ3v) is 3.24. The van der Waals surface area contributed by atoms with Crippen LogP contribution in [0.15, 0.2) is 24.3 Å². The number of carbonyl (C=O) groups is 2. The van der Waals surface area contributed by atoms with Crippen LogP contribution in [-0.4, -0.2) is 46.2 Å². The normalized spacial score (nSPS) is 18.9. The molecule has 1 aliphatic heterocycles. The lowest BCUT2D eigenvalue weighted by atomic mass is 10.1. The molecule has 0 bridgehead atoms. The van der Waals surface area contributed by atoms with Crippen LogP contribution in [0.25, 0.3) is 0 Å². The highest BCUT2D eigenvalue weighted by atomic mass is 16.4. The van der Waals surface area contributed by atoms with E-state index < -0.39 is 5.97 Å². The molecule has 5 nitrogen and oxygen atoms in total. The number of carboxylic acid groups (broad SMARTS) is 1. The smallest absolute Gasteiger partial charge is 0.336 e. The third kappa shape index (κ3) is 2.22. The molecule has 1 aromatic carbocycles. The number of amides is 1. The van der Waals surface area contributed by atoms with Gasteiger partial charge in [-0.3, -0.25) is 4.79 Å². The summed E-state index contributed by atoms with van der Waals surface area (Å²) < 4.78 is 0. The van der Waals surface area contributed by atoms with Gasteiger partial charge in [0.05, 0.1) is 23.8 Å². The van der Waals surface area contributed by atoms with Gasteiger partial charge in [-0.1, -0.05) is 12.1 Å². The first-order valence-electron chi connectivity index (χ1n) is 5.89. The largest absolute Gasteiger partial charge is 0.478 e. The molecule has 5 heteroatoms. The third-order valence-electron chi connectivity index (χ3n) is 3.24. The first-order valence-corrected chi connectivity index (χ1v) is 5.89. The SMILES string of the molecule is O=C(O)c1ccccc1C(=O)N1CCC[C@@H]1CO. The number of likely N-dealkylation sites (tertiary alicyclic amines) is 1. The molecule has 1 aromatic rings. The van der Waals surface area contributed by atoms with Gasteiger partial charge in [-0.15, -0.1) is 0 Å². The molecule has 0 radical (unpaired) electrons. The zero-order valence-corrected chi connectivity index (χ0v) is 9.87. The van der Waals surface area contributed by atoms with Gasteiger partial charge in [0.1, 0.15) is 0 Å². The van der Waals surface area contributed by atoms with Crippen LogP contribution in [0.1, 0.15) is 33.6 Å². The molecule has 2 rings (SSSR count). The van der Waals surface area contributed by atoms with Gasteiger partial charge in [0.2, 0.25) is 0 Å². The first-order chi connectivity index (χ1) is 8.65. The lowest BCUT2D eigenvalue weighted by molar-refractivity contribution is 0.0645. The quantitative estimate of drug-likeness (QED) is 0.837. The van der Waals surface area contributed by atoms with Crippen molar-refractivity contribution >= 4 is 11.9 Å². The maximum absolute atomic E-state index is 12.3. The summed E-state index contributed by atoms with van der Waals surface area (Å²) in [6.07, 6.45) is 1.60. The van der Waals surface area contributed by atoms with E-state index in [4.69, 9.17) is 5.11 Å². The van der Waals surface area contributed by atoms with E-state index in [9.17, 15) is 14.7 Å². The number of carboxylic acids is 1. The van der Waals surface area contributed by atoms with Crippen molar-refractivity contribution in [1.82, 2.24) is 4.90 Å². The van der Waals surface area contributed by atoms with Crippen LogP contribution in [0, 0.1) is 0 Å². The summed E-state index contributed by atoms with van der Waals surface area (Å²) in [6.45, 7) is 0.485. The van der Waals surface area contributed by atoms with Crippen molar-refractivity contribution in [2.45, 2.75) is 18.9 Å². The Hall–Kier alpha value is -1.88. The molecule has 1 aliphatic rings. The van der Waals surface area contributed by atoms with Crippen LogP contribution < -0.4 is 0 Å². The fourth-order valence-corrected chi connectivity index (χ4v) is 2.30. The summed E-state index contributed by atoms with van der Waals surface area (Å²) >= 11 is 0. The Morgan fingerprint density at radius 2 is 1.94 bits per heavy atom. The molecule has 1 saturated heterocycles. The lowest BCUT2D eigenvalue weighted by Gasteiger charge is -2.23. The molecule has 2 N–H and O–H groups in total. The fourth-order valence-electron chi connectivity index (χ4n) is 2.30. The Morgan fingerprint density at radius 1 is 1.28 bits per heavy atom. The van der Waals surface area contributed by atoms with E-state index in [1.807, 2.05) is 0 Å². The van der Waals surface area contributed by atoms with Gasteiger partial charge in [0, 0.05) is 6.54 Å². The van der Waals surface area contributed by atoms with E-state index >= 15 is 0 Å². The van der Waals surface area contributed by atoms with Crippen LogP contribution in [0.3, 0.4) is 0 Å². The van der Waals surface area contributed by atoms with Gasteiger partial charge in [-0.25, -0.2) is 4.79 Å². The van der Waals surface area contributed by atoms with E-state index in [0.29, 0.717) is 6.54 Å². The standard InChI is InChI=1S/C13H15NO4/c15-8-9-4-3-7-14(9)12(16)10-5-1-2-6-11(10)13(17)18/h1-2,5-6,9,15H,3-4,7-8H2,(H,17,18)/t9-/m1/s1. The summed E-state index contributed by atoms with van der Waals surface area (Å²) in [7, 11) is 0. The Kier molecular flexibility index (Phi) is 3.62. The predicted molar refractivity (Wildman–Crippen MR) is 64.5 cm³/mol. The van der Waals surface area contributed by atoms with E-state index in [-0.39, 0.29) is 29.7 Å². The van der Waals surface area contributed by atoms with Gasteiger partial charge >= 0.3 is 5.97 Å². The van der Waals surface area contributed by atoms with Crippen LogP contribution in [-0.2, 0) is 0 Å². The maximum atomic E-state index is 12.3. The molecule has 0 unspecified atom stereocenters. The number of aromatic carboxylic acids is 1. The average molecular weight is 249 g/mol. The number of benzene rings is 1. The molecule has 1 atom stereocenters. The maximum Gasteiger partial charge on any atom is 0.336 e. The van der Waals surface area contributed by atoms with E-state index in [1.54, 1.807) is 17.0 Å². The van der Waals surface area contributed by atoms with Gasteiger partial charge in [0.25, 0.3) is 5.91 Å². The molecule has 18 heavy (non-hydrogen) atoms. The Morgan fingerprint density at radius 3 is 2.56 bits per heavy atom. The molecular weight excluding hydrogens is 234 g/mol. The van der Waals surface area contributed by atoms with Crippen molar-refractivity contribution in [3.05, 3.63) is 35.4 Å². The molecule has 1 amide bonds. The lowest BCUT2D eigenvalue weighted by Crippen LogP contribution is -2.38. The summed E-state index contributed by atoms with van der Waals surface area (Å²) in [5, 5.41) is 18.3.